The Balaban J connectivity index is 1.65. The molecule has 1 aromatic carbocycles. The first-order valence-corrected chi connectivity index (χ1v) is 11.5. The molecule has 0 amide bonds. The van der Waals surface area contributed by atoms with Crippen molar-refractivity contribution < 1.29 is 19.4 Å². The smallest absolute Gasteiger partial charge is 0.419 e. The minimum absolute atomic E-state index is 0.259. The summed E-state index contributed by atoms with van der Waals surface area (Å²) >= 11 is 0. The highest BCUT2D eigenvalue weighted by Crippen LogP contribution is 2.32. The van der Waals surface area contributed by atoms with Crippen LogP contribution in [-0.4, -0.2) is 53.2 Å². The fourth-order valence-corrected chi connectivity index (χ4v) is 4.40. The minimum Gasteiger partial charge on any atom is -0.497 e. The normalized spacial score (nSPS) is 15.1. The highest BCUT2D eigenvalue weighted by molar-refractivity contribution is 5.96. The van der Waals surface area contributed by atoms with Crippen molar-refractivity contribution in [2.24, 2.45) is 5.92 Å². The molecule has 176 valence electrons. The van der Waals surface area contributed by atoms with E-state index in [1.54, 1.807) is 11.7 Å². The zero-order valence-corrected chi connectivity index (χ0v) is 19.9. The predicted molar refractivity (Wildman–Crippen MR) is 130 cm³/mol. The molecule has 0 atom stereocenters. The van der Waals surface area contributed by atoms with Crippen LogP contribution in [-0.2, 0) is 4.74 Å². The molecule has 1 aliphatic rings. The van der Waals surface area contributed by atoms with Crippen molar-refractivity contribution in [3.05, 3.63) is 42.6 Å². The van der Waals surface area contributed by atoms with Crippen molar-refractivity contribution in [3.63, 3.8) is 0 Å². The van der Waals surface area contributed by atoms with Crippen LogP contribution in [0, 0.1) is 5.92 Å². The Labute approximate surface area is 194 Å². The Morgan fingerprint density at radius 2 is 1.91 bits per heavy atom. The number of benzene rings is 1. The van der Waals surface area contributed by atoms with Gasteiger partial charge >= 0.3 is 6.09 Å². The first-order chi connectivity index (χ1) is 15.8. The summed E-state index contributed by atoms with van der Waals surface area (Å²) < 4.78 is 12.7. The van der Waals surface area contributed by atoms with Gasteiger partial charge in [0.25, 0.3) is 0 Å². The van der Waals surface area contributed by atoms with E-state index in [2.05, 4.69) is 4.90 Å². The van der Waals surface area contributed by atoms with Gasteiger partial charge in [-0.05, 0) is 82.3 Å². The molecule has 4 rings (SSSR count). The molecule has 0 bridgehead atoms. The third-order valence-electron chi connectivity index (χ3n) is 6.10. The number of methoxy groups -OCH3 is 1. The van der Waals surface area contributed by atoms with Crippen LogP contribution in [0.5, 0.6) is 5.75 Å². The van der Waals surface area contributed by atoms with Gasteiger partial charge in [0.15, 0.2) is 0 Å². The number of anilines is 1. The Bertz CT molecular complexity index is 1110. The SMILES string of the molecule is COc1ccc2c(c1)cc(-c1ccc(N3CCC(CCO)CC3)nc1)n2C(=O)OC(C)(C)C. The maximum absolute atomic E-state index is 13.1. The summed E-state index contributed by atoms with van der Waals surface area (Å²) in [6.45, 7) is 7.72. The second-order valence-corrected chi connectivity index (χ2v) is 9.62. The number of piperidine rings is 1. The van der Waals surface area contributed by atoms with Crippen molar-refractivity contribution in [1.82, 2.24) is 9.55 Å². The molecular weight excluding hydrogens is 418 g/mol. The lowest BCUT2D eigenvalue weighted by molar-refractivity contribution is 0.0547. The Morgan fingerprint density at radius 1 is 1.15 bits per heavy atom. The summed E-state index contributed by atoms with van der Waals surface area (Å²) in [4.78, 5) is 20.1. The number of hydrogen-bond acceptors (Lipinski definition) is 6. The molecule has 0 aliphatic carbocycles. The van der Waals surface area contributed by atoms with E-state index in [0.717, 1.165) is 66.1 Å². The summed E-state index contributed by atoms with van der Waals surface area (Å²) in [5.74, 6) is 2.25. The molecule has 3 aromatic rings. The fourth-order valence-electron chi connectivity index (χ4n) is 4.40. The first-order valence-electron chi connectivity index (χ1n) is 11.5. The van der Waals surface area contributed by atoms with Crippen LogP contribution < -0.4 is 9.64 Å². The van der Waals surface area contributed by atoms with Crippen LogP contribution in [0.1, 0.15) is 40.0 Å². The Hall–Kier alpha value is -3.06. The van der Waals surface area contributed by atoms with Crippen LogP contribution in [0.4, 0.5) is 10.6 Å². The molecule has 33 heavy (non-hydrogen) atoms. The van der Waals surface area contributed by atoms with Gasteiger partial charge in [-0.2, -0.15) is 0 Å². The number of carbonyl (C=O) groups is 1. The van der Waals surface area contributed by atoms with Crippen LogP contribution in [0.15, 0.2) is 42.6 Å². The van der Waals surface area contributed by atoms with Crippen LogP contribution >= 0.6 is 0 Å². The summed E-state index contributed by atoms with van der Waals surface area (Å²) in [6, 6.07) is 11.6. The van der Waals surface area contributed by atoms with E-state index in [4.69, 9.17) is 14.5 Å². The number of hydrogen-bond donors (Lipinski definition) is 1. The van der Waals surface area contributed by atoms with Gasteiger partial charge in [0.1, 0.15) is 17.2 Å². The van der Waals surface area contributed by atoms with E-state index in [1.807, 2.05) is 63.4 Å². The molecule has 0 saturated carbocycles. The molecule has 7 nitrogen and oxygen atoms in total. The molecule has 7 heteroatoms. The van der Waals surface area contributed by atoms with Crippen molar-refractivity contribution in [2.45, 2.75) is 45.6 Å². The number of aliphatic hydroxyl groups is 1. The lowest BCUT2D eigenvalue weighted by Crippen LogP contribution is -2.34. The standard InChI is InChI=1S/C26H33N3O4/c1-26(2,3)33-25(31)29-22-7-6-21(32-4)15-20(22)16-23(29)19-5-8-24(27-17-19)28-12-9-18(10-13-28)11-14-30/h5-8,15-18,30H,9-14H2,1-4H3. The number of pyridine rings is 1. The lowest BCUT2D eigenvalue weighted by Gasteiger charge is -2.32. The zero-order valence-electron chi connectivity index (χ0n) is 19.9. The molecule has 0 unspecified atom stereocenters. The van der Waals surface area contributed by atoms with E-state index in [0.29, 0.717) is 5.92 Å². The number of rotatable bonds is 5. The van der Waals surface area contributed by atoms with E-state index in [1.165, 1.54) is 0 Å². The molecule has 1 saturated heterocycles. The number of aliphatic hydroxyl groups excluding tert-OH is 1. The first kappa shape index (κ1) is 23.1. The van der Waals surface area contributed by atoms with Gasteiger partial charge in [0, 0.05) is 36.8 Å². The molecule has 1 N–H and O–H groups in total. The molecule has 2 aromatic heterocycles. The topological polar surface area (TPSA) is 76.8 Å². The van der Waals surface area contributed by atoms with E-state index < -0.39 is 11.7 Å². The molecule has 1 aliphatic heterocycles. The average Bonchev–Trinajstić information content (AvgIpc) is 3.17. The second kappa shape index (κ2) is 9.43. The highest BCUT2D eigenvalue weighted by atomic mass is 16.6. The van der Waals surface area contributed by atoms with Crippen LogP contribution in [0.3, 0.4) is 0 Å². The molecule has 0 radical (unpaired) electrons. The van der Waals surface area contributed by atoms with E-state index >= 15 is 0 Å². The third kappa shape index (κ3) is 5.14. The van der Waals surface area contributed by atoms with Gasteiger partial charge in [-0.15, -0.1) is 0 Å². The molecule has 0 spiro atoms. The average molecular weight is 452 g/mol. The quantitative estimate of drug-likeness (QED) is 0.582. The number of fused-ring (bicyclic) bond motifs is 1. The highest BCUT2D eigenvalue weighted by Gasteiger charge is 2.24. The van der Waals surface area contributed by atoms with Crippen molar-refractivity contribution in [3.8, 4) is 17.0 Å². The number of carbonyl (C=O) groups excluding carboxylic acids is 1. The van der Waals surface area contributed by atoms with Crippen molar-refractivity contribution >= 4 is 22.8 Å². The van der Waals surface area contributed by atoms with Gasteiger partial charge in [-0.3, -0.25) is 0 Å². The summed E-state index contributed by atoms with van der Waals surface area (Å²) in [7, 11) is 1.63. The van der Waals surface area contributed by atoms with Crippen molar-refractivity contribution in [2.75, 3.05) is 31.7 Å². The number of nitrogens with zero attached hydrogens (tertiary/aromatic N) is 3. The zero-order chi connectivity index (χ0) is 23.6. The van der Waals surface area contributed by atoms with Gasteiger partial charge in [0.05, 0.1) is 18.3 Å². The monoisotopic (exact) mass is 451 g/mol. The Kier molecular flexibility index (Phi) is 6.61. The Morgan fingerprint density at radius 3 is 2.52 bits per heavy atom. The van der Waals surface area contributed by atoms with Gasteiger partial charge < -0.3 is 19.5 Å². The summed E-state index contributed by atoms with van der Waals surface area (Å²) in [5, 5.41) is 10.1. The third-order valence-corrected chi connectivity index (χ3v) is 6.10. The largest absolute Gasteiger partial charge is 0.497 e. The van der Waals surface area contributed by atoms with Gasteiger partial charge in [0.2, 0.25) is 0 Å². The number of ether oxygens (including phenoxy) is 2. The van der Waals surface area contributed by atoms with Crippen LogP contribution in [0.2, 0.25) is 0 Å². The van der Waals surface area contributed by atoms with E-state index in [-0.39, 0.29) is 6.61 Å². The molecule has 1 fully saturated rings. The minimum atomic E-state index is -0.609. The lowest BCUT2D eigenvalue weighted by atomic mass is 9.94. The van der Waals surface area contributed by atoms with Crippen LogP contribution in [0.25, 0.3) is 22.2 Å². The molecular formula is C26H33N3O4. The fraction of sp³-hybridized carbons (Fsp3) is 0.462. The maximum atomic E-state index is 13.1. The van der Waals surface area contributed by atoms with Gasteiger partial charge in [-0.25, -0.2) is 14.3 Å². The predicted octanol–water partition coefficient (Wildman–Crippen LogP) is 5.09. The maximum Gasteiger partial charge on any atom is 0.419 e. The summed E-state index contributed by atoms with van der Waals surface area (Å²) in [6.07, 6.45) is 4.41. The molecule has 3 heterocycles. The summed E-state index contributed by atoms with van der Waals surface area (Å²) in [5.41, 5.74) is 1.72. The van der Waals surface area contributed by atoms with E-state index in [9.17, 15) is 9.90 Å². The van der Waals surface area contributed by atoms with Crippen molar-refractivity contribution in [1.29, 1.82) is 0 Å². The number of aromatic nitrogens is 2. The second-order valence-electron chi connectivity index (χ2n) is 9.62. The van der Waals surface area contributed by atoms with Gasteiger partial charge in [-0.1, -0.05) is 0 Å².